The van der Waals surface area contributed by atoms with Gasteiger partial charge in [0.2, 0.25) is 0 Å². The van der Waals surface area contributed by atoms with Gasteiger partial charge in [-0.15, -0.1) is 0 Å². The zero-order valence-electron chi connectivity index (χ0n) is 7.31. The Morgan fingerprint density at radius 3 is 1.77 bits per heavy atom. The van der Waals surface area contributed by atoms with Crippen LogP contribution in [0.1, 0.15) is 0 Å². The van der Waals surface area contributed by atoms with Crippen molar-refractivity contribution in [1.29, 1.82) is 0 Å². The highest BCUT2D eigenvalue weighted by Gasteiger charge is 2.42. The van der Waals surface area contributed by atoms with Crippen LogP contribution in [0.4, 0.5) is 0 Å². The Bertz CT molecular complexity index is 191. The molecule has 6 nitrogen and oxygen atoms in total. The van der Waals surface area contributed by atoms with E-state index in [0.29, 0.717) is 0 Å². The molecule has 1 rings (SSSR count). The predicted octanol–water partition coefficient (Wildman–Crippen LogP) is -0.926. The zero-order chi connectivity index (χ0) is 9.84. The van der Waals surface area contributed by atoms with Gasteiger partial charge >= 0.3 is 11.9 Å². The smallest absolute Gasteiger partial charge is 0.338 e. The second kappa shape index (κ2) is 4.20. The topological polar surface area (TPSA) is 71.1 Å². The van der Waals surface area contributed by atoms with Crippen LogP contribution < -0.4 is 0 Å². The maximum absolute atomic E-state index is 11.0. The Hall–Kier alpha value is -1.14. The van der Waals surface area contributed by atoms with Crippen molar-refractivity contribution in [3.8, 4) is 0 Å². The molecule has 13 heavy (non-hydrogen) atoms. The summed E-state index contributed by atoms with van der Waals surface area (Å²) in [6.45, 7) is -0.112. The Labute approximate surface area is 74.7 Å². The molecule has 0 N–H and O–H groups in total. The fourth-order valence-electron chi connectivity index (χ4n) is 0.976. The molecule has 0 radical (unpaired) electrons. The van der Waals surface area contributed by atoms with Gasteiger partial charge in [0.05, 0.1) is 14.2 Å². The number of carbonyl (C=O) groups is 2. The van der Waals surface area contributed by atoms with Crippen molar-refractivity contribution in [3.63, 3.8) is 0 Å². The summed E-state index contributed by atoms with van der Waals surface area (Å²) in [6, 6.07) is 0. The van der Waals surface area contributed by atoms with E-state index >= 15 is 0 Å². The van der Waals surface area contributed by atoms with Gasteiger partial charge in [-0.1, -0.05) is 0 Å². The van der Waals surface area contributed by atoms with Crippen LogP contribution in [0, 0.1) is 0 Å². The van der Waals surface area contributed by atoms with Crippen molar-refractivity contribution in [2.45, 2.75) is 12.2 Å². The maximum Gasteiger partial charge on any atom is 0.338 e. The lowest BCUT2D eigenvalue weighted by atomic mass is 10.2. The fourth-order valence-corrected chi connectivity index (χ4v) is 0.976. The first-order valence-electron chi connectivity index (χ1n) is 3.59. The molecule has 74 valence electrons. The Balaban J connectivity index is 2.63. The molecule has 1 aliphatic rings. The van der Waals surface area contributed by atoms with Crippen LogP contribution in [-0.4, -0.2) is 45.2 Å². The Morgan fingerprint density at radius 2 is 1.46 bits per heavy atom. The molecule has 2 atom stereocenters. The summed E-state index contributed by atoms with van der Waals surface area (Å²) < 4.78 is 18.5. The lowest BCUT2D eigenvalue weighted by Gasteiger charge is -2.11. The highest BCUT2D eigenvalue weighted by Crippen LogP contribution is 2.15. The number of hydrogen-bond acceptors (Lipinski definition) is 6. The Kier molecular flexibility index (Phi) is 3.21. The lowest BCUT2D eigenvalue weighted by Crippen LogP contribution is -2.38. The molecule has 0 aromatic rings. The van der Waals surface area contributed by atoms with E-state index in [1.807, 2.05) is 0 Å². The molecular formula is C7H10O6. The van der Waals surface area contributed by atoms with Crippen molar-refractivity contribution in [2.24, 2.45) is 0 Å². The van der Waals surface area contributed by atoms with Gasteiger partial charge in [0.15, 0.2) is 12.2 Å². The summed E-state index contributed by atoms with van der Waals surface area (Å²) in [5.74, 6) is -1.29. The molecular weight excluding hydrogens is 180 g/mol. The summed E-state index contributed by atoms with van der Waals surface area (Å²) in [5.41, 5.74) is 0. The molecule has 1 saturated heterocycles. The van der Waals surface area contributed by atoms with E-state index in [4.69, 9.17) is 9.47 Å². The summed E-state index contributed by atoms with van der Waals surface area (Å²) in [6.07, 6.45) is -2.03. The van der Waals surface area contributed by atoms with Crippen molar-refractivity contribution in [3.05, 3.63) is 0 Å². The summed E-state index contributed by atoms with van der Waals surface area (Å²) in [5, 5.41) is 0. The summed E-state index contributed by atoms with van der Waals surface area (Å²) in [4.78, 5) is 22.0. The van der Waals surface area contributed by atoms with E-state index in [-0.39, 0.29) is 6.79 Å². The molecule has 1 aliphatic heterocycles. The minimum absolute atomic E-state index is 0.112. The Morgan fingerprint density at radius 1 is 1.08 bits per heavy atom. The van der Waals surface area contributed by atoms with Crippen LogP contribution in [0.15, 0.2) is 0 Å². The van der Waals surface area contributed by atoms with Gasteiger partial charge in [0.25, 0.3) is 0 Å². The number of hydrogen-bond donors (Lipinski definition) is 0. The molecule has 0 amide bonds. The van der Waals surface area contributed by atoms with Crippen LogP contribution in [0.25, 0.3) is 0 Å². The van der Waals surface area contributed by atoms with Gasteiger partial charge in [0.1, 0.15) is 6.79 Å². The zero-order valence-corrected chi connectivity index (χ0v) is 7.31. The minimum atomic E-state index is -1.02. The number of methoxy groups -OCH3 is 2. The second-order valence-electron chi connectivity index (χ2n) is 2.34. The molecule has 0 saturated carbocycles. The van der Waals surface area contributed by atoms with Crippen molar-refractivity contribution in [2.75, 3.05) is 21.0 Å². The van der Waals surface area contributed by atoms with Crippen LogP contribution in [-0.2, 0) is 28.5 Å². The van der Waals surface area contributed by atoms with Gasteiger partial charge in [-0.05, 0) is 0 Å². The molecule has 0 aliphatic carbocycles. The lowest BCUT2D eigenvalue weighted by molar-refractivity contribution is -0.160. The number of ether oxygens (including phenoxy) is 4. The van der Waals surface area contributed by atoms with E-state index in [2.05, 4.69) is 9.47 Å². The molecule has 1 heterocycles. The first kappa shape index (κ1) is 9.94. The number of carbonyl (C=O) groups excluding carboxylic acids is 2. The highest BCUT2D eigenvalue weighted by molar-refractivity contribution is 5.85. The third-order valence-electron chi connectivity index (χ3n) is 1.64. The standard InChI is InChI=1S/C7H10O6/c1-10-6(8)4-5(7(9)11-2)13-3-12-4/h4-5H,3H2,1-2H3/t4-,5-/m1/s1. The van der Waals surface area contributed by atoms with E-state index < -0.39 is 24.1 Å². The third kappa shape index (κ3) is 1.96. The average molecular weight is 190 g/mol. The SMILES string of the molecule is COC(=O)[C@@H]1OCO[C@H]1C(=O)OC. The van der Waals surface area contributed by atoms with Crippen LogP contribution >= 0.6 is 0 Å². The van der Waals surface area contributed by atoms with E-state index in [1.54, 1.807) is 0 Å². The largest absolute Gasteiger partial charge is 0.467 e. The molecule has 6 heteroatoms. The summed E-state index contributed by atoms with van der Waals surface area (Å²) in [7, 11) is 2.41. The van der Waals surface area contributed by atoms with Crippen LogP contribution in [0.2, 0.25) is 0 Å². The summed E-state index contributed by atoms with van der Waals surface area (Å²) >= 11 is 0. The third-order valence-corrected chi connectivity index (χ3v) is 1.64. The molecule has 0 unspecified atom stereocenters. The number of esters is 2. The van der Waals surface area contributed by atoms with Crippen molar-refractivity contribution < 1.29 is 28.5 Å². The monoisotopic (exact) mass is 190 g/mol. The van der Waals surface area contributed by atoms with E-state index in [1.165, 1.54) is 14.2 Å². The van der Waals surface area contributed by atoms with Crippen LogP contribution in [0.5, 0.6) is 0 Å². The quantitative estimate of drug-likeness (QED) is 0.524. The maximum atomic E-state index is 11.0. The first-order valence-corrected chi connectivity index (χ1v) is 3.59. The molecule has 1 fully saturated rings. The van der Waals surface area contributed by atoms with Gasteiger partial charge < -0.3 is 18.9 Å². The minimum Gasteiger partial charge on any atom is -0.467 e. The van der Waals surface area contributed by atoms with Gasteiger partial charge in [-0.2, -0.15) is 0 Å². The average Bonchev–Trinajstić information content (AvgIpc) is 2.63. The van der Waals surface area contributed by atoms with E-state index in [0.717, 1.165) is 0 Å². The second-order valence-corrected chi connectivity index (χ2v) is 2.34. The van der Waals surface area contributed by atoms with Gasteiger partial charge in [-0.25, -0.2) is 9.59 Å². The van der Waals surface area contributed by atoms with Gasteiger partial charge in [-0.3, -0.25) is 0 Å². The van der Waals surface area contributed by atoms with E-state index in [9.17, 15) is 9.59 Å². The first-order chi connectivity index (χ1) is 6.20. The number of rotatable bonds is 2. The molecule has 0 bridgehead atoms. The van der Waals surface area contributed by atoms with Gasteiger partial charge in [0, 0.05) is 0 Å². The predicted molar refractivity (Wildman–Crippen MR) is 38.6 cm³/mol. The molecule has 0 spiro atoms. The fraction of sp³-hybridized carbons (Fsp3) is 0.714. The normalized spacial score (nSPS) is 26.9. The molecule has 0 aromatic heterocycles. The van der Waals surface area contributed by atoms with Crippen molar-refractivity contribution in [1.82, 2.24) is 0 Å². The highest BCUT2D eigenvalue weighted by atomic mass is 16.7. The van der Waals surface area contributed by atoms with Crippen molar-refractivity contribution >= 4 is 11.9 Å². The molecule has 0 aromatic carbocycles. The van der Waals surface area contributed by atoms with Crippen LogP contribution in [0.3, 0.4) is 0 Å².